The SMILES string of the molecule is CCN(CCC(N)=NO)Cc1nn(C)c2ccccc12. The molecule has 0 aliphatic heterocycles. The Morgan fingerprint density at radius 1 is 1.45 bits per heavy atom. The molecule has 1 heterocycles. The molecule has 1 aromatic heterocycles. The van der Waals surface area contributed by atoms with Gasteiger partial charge in [-0.2, -0.15) is 5.10 Å². The Kier molecular flexibility index (Phi) is 4.57. The van der Waals surface area contributed by atoms with Gasteiger partial charge in [0, 0.05) is 31.9 Å². The second-order valence-corrected chi connectivity index (χ2v) is 4.80. The molecule has 0 spiro atoms. The lowest BCUT2D eigenvalue weighted by molar-refractivity contribution is 0.280. The summed E-state index contributed by atoms with van der Waals surface area (Å²) in [7, 11) is 1.96. The van der Waals surface area contributed by atoms with E-state index in [1.807, 2.05) is 23.9 Å². The summed E-state index contributed by atoms with van der Waals surface area (Å²) in [6.45, 7) is 4.49. The summed E-state index contributed by atoms with van der Waals surface area (Å²) in [5.74, 6) is 0.259. The van der Waals surface area contributed by atoms with Gasteiger partial charge in [-0.1, -0.05) is 30.3 Å². The van der Waals surface area contributed by atoms with Gasteiger partial charge < -0.3 is 10.9 Å². The molecule has 6 nitrogen and oxygen atoms in total. The van der Waals surface area contributed by atoms with Gasteiger partial charge in [-0.3, -0.25) is 9.58 Å². The van der Waals surface area contributed by atoms with Crippen LogP contribution in [0.2, 0.25) is 0 Å². The molecule has 0 saturated carbocycles. The maximum absolute atomic E-state index is 8.58. The molecule has 108 valence electrons. The van der Waals surface area contributed by atoms with Crippen LogP contribution in [0.5, 0.6) is 0 Å². The number of benzene rings is 1. The fourth-order valence-electron chi connectivity index (χ4n) is 2.29. The van der Waals surface area contributed by atoms with Gasteiger partial charge in [0.1, 0.15) is 5.84 Å². The zero-order valence-corrected chi connectivity index (χ0v) is 12.0. The van der Waals surface area contributed by atoms with Crippen molar-refractivity contribution < 1.29 is 5.21 Å². The maximum atomic E-state index is 8.58. The molecule has 0 unspecified atom stereocenters. The summed E-state index contributed by atoms with van der Waals surface area (Å²) in [6, 6.07) is 8.21. The van der Waals surface area contributed by atoms with Crippen molar-refractivity contribution in [3.8, 4) is 0 Å². The van der Waals surface area contributed by atoms with E-state index in [-0.39, 0.29) is 5.84 Å². The Balaban J connectivity index is 2.13. The molecule has 0 fully saturated rings. The quantitative estimate of drug-likeness (QED) is 0.363. The minimum absolute atomic E-state index is 0.259. The number of hydrogen-bond acceptors (Lipinski definition) is 4. The van der Waals surface area contributed by atoms with Gasteiger partial charge in [0.15, 0.2) is 0 Å². The summed E-state index contributed by atoms with van der Waals surface area (Å²) >= 11 is 0. The first-order chi connectivity index (χ1) is 9.65. The summed E-state index contributed by atoms with van der Waals surface area (Å²) in [6.07, 6.45) is 0.551. The molecule has 2 rings (SSSR count). The van der Waals surface area contributed by atoms with Gasteiger partial charge in [-0.15, -0.1) is 0 Å². The summed E-state index contributed by atoms with van der Waals surface area (Å²) in [5, 5.41) is 17.4. The Bertz CT molecular complexity index is 605. The van der Waals surface area contributed by atoms with Crippen LogP contribution in [0, 0.1) is 0 Å². The third-order valence-corrected chi connectivity index (χ3v) is 3.47. The average Bonchev–Trinajstić information content (AvgIpc) is 2.80. The van der Waals surface area contributed by atoms with E-state index >= 15 is 0 Å². The van der Waals surface area contributed by atoms with Crippen molar-refractivity contribution in [1.29, 1.82) is 0 Å². The van der Waals surface area contributed by atoms with E-state index < -0.39 is 0 Å². The normalized spacial score (nSPS) is 12.4. The highest BCUT2D eigenvalue weighted by molar-refractivity contribution is 5.82. The predicted octanol–water partition coefficient (Wildman–Crippen LogP) is 1.53. The van der Waals surface area contributed by atoms with E-state index in [1.54, 1.807) is 0 Å². The molecule has 3 N–H and O–H groups in total. The van der Waals surface area contributed by atoms with Crippen molar-refractivity contribution in [2.45, 2.75) is 19.9 Å². The summed E-state index contributed by atoms with van der Waals surface area (Å²) in [5.41, 5.74) is 7.71. The smallest absolute Gasteiger partial charge is 0.140 e. The molecule has 0 radical (unpaired) electrons. The van der Waals surface area contributed by atoms with Gasteiger partial charge >= 0.3 is 0 Å². The van der Waals surface area contributed by atoms with Gasteiger partial charge in [0.05, 0.1) is 11.2 Å². The van der Waals surface area contributed by atoms with Crippen molar-refractivity contribution in [3.63, 3.8) is 0 Å². The fraction of sp³-hybridized carbons (Fsp3) is 0.429. The number of nitrogens with two attached hydrogens (primary N) is 1. The first-order valence-electron chi connectivity index (χ1n) is 6.75. The molecule has 1 aromatic carbocycles. The van der Waals surface area contributed by atoms with E-state index in [4.69, 9.17) is 10.9 Å². The molecule has 0 amide bonds. The first kappa shape index (κ1) is 14.3. The molecule has 0 aliphatic carbocycles. The Morgan fingerprint density at radius 2 is 2.20 bits per heavy atom. The summed E-state index contributed by atoms with van der Waals surface area (Å²) < 4.78 is 1.90. The van der Waals surface area contributed by atoms with Crippen molar-refractivity contribution in [3.05, 3.63) is 30.0 Å². The highest BCUT2D eigenvalue weighted by atomic mass is 16.4. The molecule has 20 heavy (non-hydrogen) atoms. The van der Waals surface area contributed by atoms with Crippen LogP contribution in [-0.2, 0) is 13.6 Å². The van der Waals surface area contributed by atoms with Crippen LogP contribution in [0.4, 0.5) is 0 Å². The van der Waals surface area contributed by atoms with Crippen LogP contribution in [0.3, 0.4) is 0 Å². The largest absolute Gasteiger partial charge is 0.409 e. The minimum atomic E-state index is 0.259. The van der Waals surface area contributed by atoms with Crippen LogP contribution >= 0.6 is 0 Å². The van der Waals surface area contributed by atoms with Crippen LogP contribution < -0.4 is 5.73 Å². The van der Waals surface area contributed by atoms with E-state index in [2.05, 4.69) is 34.2 Å². The number of fused-ring (bicyclic) bond motifs is 1. The van der Waals surface area contributed by atoms with E-state index in [0.29, 0.717) is 6.42 Å². The standard InChI is InChI=1S/C14H21N5O/c1-3-19(9-8-14(15)17-20)10-12-11-6-4-5-7-13(11)18(2)16-12/h4-7,20H,3,8-10H2,1-2H3,(H2,15,17). The van der Waals surface area contributed by atoms with Crippen LogP contribution in [0.15, 0.2) is 29.4 Å². The van der Waals surface area contributed by atoms with Crippen molar-refractivity contribution in [2.24, 2.45) is 17.9 Å². The number of aromatic nitrogens is 2. The first-order valence-corrected chi connectivity index (χ1v) is 6.75. The number of para-hydroxylation sites is 1. The predicted molar refractivity (Wildman–Crippen MR) is 79.7 cm³/mol. The number of hydrogen-bond donors (Lipinski definition) is 2. The third kappa shape index (κ3) is 3.08. The monoisotopic (exact) mass is 275 g/mol. The third-order valence-electron chi connectivity index (χ3n) is 3.47. The second-order valence-electron chi connectivity index (χ2n) is 4.80. The average molecular weight is 275 g/mol. The maximum Gasteiger partial charge on any atom is 0.140 e. The van der Waals surface area contributed by atoms with Gasteiger partial charge in [-0.25, -0.2) is 0 Å². The van der Waals surface area contributed by atoms with Gasteiger partial charge in [0.25, 0.3) is 0 Å². The molecular weight excluding hydrogens is 254 g/mol. The molecule has 0 bridgehead atoms. The number of amidine groups is 1. The lowest BCUT2D eigenvalue weighted by Gasteiger charge is -2.18. The van der Waals surface area contributed by atoms with Crippen molar-refractivity contribution >= 4 is 16.7 Å². The zero-order valence-electron chi connectivity index (χ0n) is 12.0. The number of rotatable bonds is 6. The molecule has 2 aromatic rings. The lowest BCUT2D eigenvalue weighted by Crippen LogP contribution is -2.28. The molecule has 0 saturated heterocycles. The van der Waals surface area contributed by atoms with E-state index in [0.717, 1.165) is 30.8 Å². The highest BCUT2D eigenvalue weighted by Gasteiger charge is 2.12. The molecule has 0 atom stereocenters. The zero-order chi connectivity index (χ0) is 14.5. The van der Waals surface area contributed by atoms with Crippen LogP contribution in [0.1, 0.15) is 19.0 Å². The van der Waals surface area contributed by atoms with Gasteiger partial charge in [0.2, 0.25) is 0 Å². The number of oxime groups is 1. The Hall–Kier alpha value is -2.08. The number of aryl methyl sites for hydroxylation is 1. The van der Waals surface area contributed by atoms with Crippen LogP contribution in [0.25, 0.3) is 10.9 Å². The van der Waals surface area contributed by atoms with Gasteiger partial charge in [-0.05, 0) is 12.6 Å². The van der Waals surface area contributed by atoms with Crippen molar-refractivity contribution in [2.75, 3.05) is 13.1 Å². The Morgan fingerprint density at radius 3 is 2.90 bits per heavy atom. The Labute approximate surface area is 118 Å². The molecule has 0 aliphatic rings. The van der Waals surface area contributed by atoms with E-state index in [1.165, 1.54) is 5.39 Å². The molecule has 6 heteroatoms. The number of nitrogens with zero attached hydrogens (tertiary/aromatic N) is 4. The minimum Gasteiger partial charge on any atom is -0.409 e. The van der Waals surface area contributed by atoms with Crippen LogP contribution in [-0.4, -0.2) is 38.8 Å². The topological polar surface area (TPSA) is 79.7 Å². The molecular formula is C14H21N5O. The fourth-order valence-corrected chi connectivity index (χ4v) is 2.29. The summed E-state index contributed by atoms with van der Waals surface area (Å²) in [4.78, 5) is 2.23. The van der Waals surface area contributed by atoms with Crippen molar-refractivity contribution in [1.82, 2.24) is 14.7 Å². The van der Waals surface area contributed by atoms with E-state index in [9.17, 15) is 0 Å². The lowest BCUT2D eigenvalue weighted by atomic mass is 10.2. The second kappa shape index (κ2) is 6.38. The highest BCUT2D eigenvalue weighted by Crippen LogP contribution is 2.18.